The fourth-order valence-electron chi connectivity index (χ4n) is 3.42. The molecule has 4 heterocycles. The summed E-state index contributed by atoms with van der Waals surface area (Å²) in [7, 11) is 0. The van der Waals surface area contributed by atoms with E-state index in [1.165, 1.54) is 5.69 Å². The summed E-state index contributed by atoms with van der Waals surface area (Å²) < 4.78 is 7.22. The average Bonchev–Trinajstić information content (AvgIpc) is 3.19. The lowest BCUT2D eigenvalue weighted by Gasteiger charge is -2.28. The Bertz CT molecular complexity index is 1120. The Morgan fingerprint density at radius 3 is 2.48 bits per heavy atom. The minimum absolute atomic E-state index is 0.00730. The molecule has 3 aromatic heterocycles. The molecule has 8 nitrogen and oxygen atoms in total. The lowest BCUT2D eigenvalue weighted by atomic mass is 10.2. The molecule has 2 N–H and O–H groups in total. The van der Waals surface area contributed by atoms with Crippen molar-refractivity contribution in [2.75, 3.05) is 36.5 Å². The maximum atomic E-state index is 9.42. The molecule has 0 spiro atoms. The number of nitrogens with one attached hydrogen (secondary N) is 1. The van der Waals surface area contributed by atoms with Crippen molar-refractivity contribution < 1.29 is 9.84 Å². The number of rotatable bonds is 4. The van der Waals surface area contributed by atoms with Crippen LogP contribution in [0.5, 0.6) is 5.88 Å². The van der Waals surface area contributed by atoms with E-state index in [1.54, 1.807) is 18.5 Å². The number of aromatic hydroxyl groups is 1. The summed E-state index contributed by atoms with van der Waals surface area (Å²) in [4.78, 5) is 10.7. The van der Waals surface area contributed by atoms with E-state index >= 15 is 0 Å². The van der Waals surface area contributed by atoms with Gasteiger partial charge in [-0.25, -0.2) is 14.5 Å². The van der Waals surface area contributed by atoms with Crippen LogP contribution in [-0.2, 0) is 4.74 Å². The minimum Gasteiger partial charge on any atom is -0.493 e. The van der Waals surface area contributed by atoms with E-state index < -0.39 is 0 Å². The molecule has 0 amide bonds. The lowest BCUT2D eigenvalue weighted by Crippen LogP contribution is -2.36. The Morgan fingerprint density at radius 2 is 1.72 bits per heavy atom. The second-order valence-corrected chi connectivity index (χ2v) is 6.81. The van der Waals surface area contributed by atoms with E-state index in [2.05, 4.69) is 37.4 Å². The van der Waals surface area contributed by atoms with Crippen molar-refractivity contribution in [3.05, 3.63) is 60.9 Å². The number of hydrogen-bond acceptors (Lipinski definition) is 7. The third-order valence-electron chi connectivity index (χ3n) is 4.94. The van der Waals surface area contributed by atoms with E-state index in [9.17, 15) is 5.11 Å². The molecule has 1 fully saturated rings. The van der Waals surface area contributed by atoms with Gasteiger partial charge in [0.25, 0.3) is 0 Å². The van der Waals surface area contributed by atoms with E-state index in [0.29, 0.717) is 5.95 Å². The Morgan fingerprint density at radius 1 is 0.897 bits per heavy atom. The number of benzene rings is 1. The van der Waals surface area contributed by atoms with Crippen LogP contribution >= 0.6 is 0 Å². The second-order valence-electron chi connectivity index (χ2n) is 6.81. The number of hydrogen-bond donors (Lipinski definition) is 2. The molecule has 0 atom stereocenters. The van der Waals surface area contributed by atoms with Crippen LogP contribution in [0.1, 0.15) is 0 Å². The van der Waals surface area contributed by atoms with E-state index in [-0.39, 0.29) is 5.88 Å². The zero-order valence-electron chi connectivity index (χ0n) is 15.7. The van der Waals surface area contributed by atoms with Gasteiger partial charge in [-0.15, -0.1) is 5.10 Å². The van der Waals surface area contributed by atoms with E-state index in [1.807, 2.05) is 34.8 Å². The van der Waals surface area contributed by atoms with Crippen LogP contribution < -0.4 is 10.2 Å². The van der Waals surface area contributed by atoms with Crippen LogP contribution in [-0.4, -0.2) is 51.0 Å². The van der Waals surface area contributed by atoms with Crippen LogP contribution in [0.15, 0.2) is 60.9 Å². The number of anilines is 3. The van der Waals surface area contributed by atoms with Crippen molar-refractivity contribution in [1.82, 2.24) is 19.6 Å². The highest BCUT2D eigenvalue weighted by Crippen LogP contribution is 2.24. The van der Waals surface area contributed by atoms with Crippen LogP contribution in [0, 0.1) is 0 Å². The van der Waals surface area contributed by atoms with Crippen LogP contribution in [0.2, 0.25) is 0 Å². The molecule has 0 aliphatic carbocycles. The molecule has 29 heavy (non-hydrogen) atoms. The maximum Gasteiger partial charge on any atom is 0.245 e. The zero-order chi connectivity index (χ0) is 19.6. The molecule has 1 aromatic carbocycles. The first-order valence-electron chi connectivity index (χ1n) is 9.46. The van der Waals surface area contributed by atoms with E-state index in [0.717, 1.165) is 48.8 Å². The highest BCUT2D eigenvalue weighted by Gasteiger charge is 2.11. The Hall–Kier alpha value is -3.65. The topological polar surface area (TPSA) is 87.8 Å². The third-order valence-corrected chi connectivity index (χ3v) is 4.94. The molecular formula is C21H20N6O2. The molecule has 1 aliphatic heterocycles. The van der Waals surface area contributed by atoms with E-state index in [4.69, 9.17) is 4.74 Å². The maximum absolute atomic E-state index is 9.42. The zero-order valence-corrected chi connectivity index (χ0v) is 15.7. The largest absolute Gasteiger partial charge is 0.493 e. The number of ether oxygens (including phenoxy) is 1. The van der Waals surface area contributed by atoms with Gasteiger partial charge >= 0.3 is 0 Å². The highest BCUT2D eigenvalue weighted by atomic mass is 16.5. The van der Waals surface area contributed by atoms with Gasteiger partial charge in [0.15, 0.2) is 0 Å². The number of nitrogens with zero attached hydrogens (tertiary/aromatic N) is 5. The van der Waals surface area contributed by atoms with Gasteiger partial charge in [0, 0.05) is 42.3 Å². The molecule has 0 bridgehead atoms. The number of fused-ring (bicyclic) bond motifs is 1. The standard InChI is InChI=1S/C21H20N6O2/c28-20-8-1-15(13-22-20)19-7-6-18-14-23-21(25-27(18)19)24-16-2-4-17(5-3-16)26-9-11-29-12-10-26/h1-8,13-14H,9-12H2,(H,22,28)(H,24,25). The molecule has 146 valence electrons. The SMILES string of the molecule is Oc1ccc(-c2ccc3cnc(Nc4ccc(N5CCOCC5)cc4)nn23)cn1. The van der Waals surface area contributed by atoms with Crippen molar-refractivity contribution in [2.24, 2.45) is 0 Å². The first-order chi connectivity index (χ1) is 14.3. The molecular weight excluding hydrogens is 368 g/mol. The first kappa shape index (κ1) is 17.4. The highest BCUT2D eigenvalue weighted by molar-refractivity contribution is 5.66. The quantitative estimate of drug-likeness (QED) is 0.555. The molecule has 0 unspecified atom stereocenters. The van der Waals surface area contributed by atoms with Gasteiger partial charge in [0.05, 0.1) is 30.6 Å². The van der Waals surface area contributed by atoms with Crippen LogP contribution in [0.3, 0.4) is 0 Å². The van der Waals surface area contributed by atoms with Crippen molar-refractivity contribution >= 4 is 22.8 Å². The summed E-state index contributed by atoms with van der Waals surface area (Å²) in [6.45, 7) is 3.36. The summed E-state index contributed by atoms with van der Waals surface area (Å²) in [6, 6.07) is 15.5. The Kier molecular flexibility index (Phi) is 4.45. The predicted octanol–water partition coefficient (Wildman–Crippen LogP) is 3.08. The van der Waals surface area contributed by atoms with Gasteiger partial charge in [-0.3, -0.25) is 0 Å². The van der Waals surface area contributed by atoms with Crippen molar-refractivity contribution in [2.45, 2.75) is 0 Å². The minimum atomic E-state index is -0.00730. The molecule has 1 aliphatic rings. The summed E-state index contributed by atoms with van der Waals surface area (Å²) in [5, 5.41) is 17.3. The van der Waals surface area contributed by atoms with Crippen LogP contribution in [0.25, 0.3) is 16.8 Å². The Balaban J connectivity index is 1.39. The number of aromatic nitrogens is 4. The fraction of sp³-hybridized carbons (Fsp3) is 0.190. The van der Waals surface area contributed by atoms with Gasteiger partial charge in [0.2, 0.25) is 11.8 Å². The summed E-state index contributed by atoms with van der Waals surface area (Å²) >= 11 is 0. The van der Waals surface area contributed by atoms with Gasteiger partial charge < -0.3 is 20.1 Å². The smallest absolute Gasteiger partial charge is 0.245 e. The fourth-order valence-corrected chi connectivity index (χ4v) is 3.42. The van der Waals surface area contributed by atoms with Gasteiger partial charge in [0.1, 0.15) is 0 Å². The molecule has 4 aromatic rings. The Labute approximate surface area is 167 Å². The van der Waals surface area contributed by atoms with Gasteiger partial charge in [-0.2, -0.15) is 0 Å². The summed E-state index contributed by atoms with van der Waals surface area (Å²) in [5.41, 5.74) is 4.72. The molecule has 1 saturated heterocycles. The normalized spacial score (nSPS) is 14.3. The van der Waals surface area contributed by atoms with Crippen molar-refractivity contribution in [1.29, 1.82) is 0 Å². The molecule has 0 radical (unpaired) electrons. The van der Waals surface area contributed by atoms with Gasteiger partial charge in [-0.1, -0.05) is 0 Å². The van der Waals surface area contributed by atoms with Crippen molar-refractivity contribution in [3.8, 4) is 17.1 Å². The predicted molar refractivity (Wildman–Crippen MR) is 111 cm³/mol. The molecule has 0 saturated carbocycles. The van der Waals surface area contributed by atoms with Crippen LogP contribution in [0.4, 0.5) is 17.3 Å². The first-order valence-corrected chi connectivity index (χ1v) is 9.46. The average molecular weight is 388 g/mol. The summed E-state index contributed by atoms with van der Waals surface area (Å²) in [5.74, 6) is 0.493. The molecule has 8 heteroatoms. The van der Waals surface area contributed by atoms with Gasteiger partial charge in [-0.05, 0) is 42.5 Å². The summed E-state index contributed by atoms with van der Waals surface area (Å²) in [6.07, 6.45) is 3.39. The third kappa shape index (κ3) is 3.57. The van der Waals surface area contributed by atoms with Crippen molar-refractivity contribution in [3.63, 3.8) is 0 Å². The lowest BCUT2D eigenvalue weighted by molar-refractivity contribution is 0.122. The number of pyridine rings is 1. The monoisotopic (exact) mass is 388 g/mol. The molecule has 5 rings (SSSR count). The number of morpholine rings is 1. The second kappa shape index (κ2) is 7.40.